The van der Waals surface area contributed by atoms with E-state index in [1.54, 1.807) is 13.0 Å². The monoisotopic (exact) mass is 176 g/mol. The SMILES string of the molecule is Cc1cc(N)c(Cl)c(Cl)n1. The Morgan fingerprint density at radius 1 is 1.50 bits per heavy atom. The van der Waals surface area contributed by atoms with Crippen LogP contribution in [0.2, 0.25) is 10.2 Å². The van der Waals surface area contributed by atoms with Crippen LogP contribution in [0.15, 0.2) is 6.07 Å². The van der Waals surface area contributed by atoms with Gasteiger partial charge < -0.3 is 5.73 Å². The molecular weight excluding hydrogens is 171 g/mol. The van der Waals surface area contributed by atoms with Crippen molar-refractivity contribution in [3.8, 4) is 0 Å². The molecule has 4 heteroatoms. The fourth-order valence-corrected chi connectivity index (χ4v) is 0.983. The van der Waals surface area contributed by atoms with Crippen LogP contribution in [-0.4, -0.2) is 4.98 Å². The van der Waals surface area contributed by atoms with Crippen LogP contribution < -0.4 is 5.73 Å². The maximum atomic E-state index is 5.63. The van der Waals surface area contributed by atoms with Gasteiger partial charge in [-0.05, 0) is 13.0 Å². The molecule has 0 saturated heterocycles. The highest BCUT2D eigenvalue weighted by Gasteiger charge is 2.02. The Morgan fingerprint density at radius 3 is 2.60 bits per heavy atom. The van der Waals surface area contributed by atoms with E-state index in [-0.39, 0.29) is 5.15 Å². The molecule has 1 rings (SSSR count). The van der Waals surface area contributed by atoms with Crippen LogP contribution in [0, 0.1) is 6.92 Å². The van der Waals surface area contributed by atoms with E-state index in [1.165, 1.54) is 0 Å². The van der Waals surface area contributed by atoms with Crippen LogP contribution in [0.25, 0.3) is 0 Å². The van der Waals surface area contributed by atoms with E-state index in [2.05, 4.69) is 4.98 Å². The zero-order chi connectivity index (χ0) is 7.72. The second-order valence-electron chi connectivity index (χ2n) is 1.96. The van der Waals surface area contributed by atoms with Crippen molar-refractivity contribution < 1.29 is 0 Å². The van der Waals surface area contributed by atoms with Gasteiger partial charge in [0.1, 0.15) is 10.2 Å². The third-order valence-electron chi connectivity index (χ3n) is 1.07. The first-order valence-electron chi connectivity index (χ1n) is 2.69. The quantitative estimate of drug-likeness (QED) is 0.617. The molecule has 0 aliphatic rings. The van der Waals surface area contributed by atoms with Gasteiger partial charge in [0.05, 0.1) is 5.69 Å². The van der Waals surface area contributed by atoms with E-state index in [0.717, 1.165) is 5.69 Å². The molecule has 0 unspecified atom stereocenters. The molecule has 10 heavy (non-hydrogen) atoms. The van der Waals surface area contributed by atoms with Crippen molar-refractivity contribution in [2.45, 2.75) is 6.92 Å². The molecule has 0 saturated carbocycles. The number of nitrogens with zero attached hydrogens (tertiary/aromatic N) is 1. The van der Waals surface area contributed by atoms with Crippen molar-refractivity contribution in [1.82, 2.24) is 4.98 Å². The lowest BCUT2D eigenvalue weighted by Gasteiger charge is -1.99. The Morgan fingerprint density at radius 2 is 2.10 bits per heavy atom. The Bertz CT molecular complexity index is 237. The second kappa shape index (κ2) is 2.64. The predicted molar refractivity (Wildman–Crippen MR) is 43.4 cm³/mol. The van der Waals surface area contributed by atoms with Gasteiger partial charge in [-0.15, -0.1) is 0 Å². The molecule has 54 valence electrons. The number of nitrogens with two attached hydrogens (primary N) is 1. The maximum absolute atomic E-state index is 5.63. The third-order valence-corrected chi connectivity index (χ3v) is 1.84. The van der Waals surface area contributed by atoms with E-state index in [9.17, 15) is 0 Å². The molecule has 1 heterocycles. The van der Waals surface area contributed by atoms with E-state index >= 15 is 0 Å². The molecule has 0 radical (unpaired) electrons. The van der Waals surface area contributed by atoms with Gasteiger partial charge in [-0.1, -0.05) is 23.2 Å². The lowest BCUT2D eigenvalue weighted by molar-refractivity contribution is 1.20. The molecule has 2 N–H and O–H groups in total. The highest BCUT2D eigenvalue weighted by atomic mass is 35.5. The van der Waals surface area contributed by atoms with E-state index in [4.69, 9.17) is 28.9 Å². The first-order chi connectivity index (χ1) is 4.61. The van der Waals surface area contributed by atoms with Gasteiger partial charge in [-0.2, -0.15) is 0 Å². The summed E-state index contributed by atoms with van der Waals surface area (Å²) >= 11 is 11.2. The Hall–Kier alpha value is -0.470. The van der Waals surface area contributed by atoms with E-state index in [1.807, 2.05) is 0 Å². The smallest absolute Gasteiger partial charge is 0.149 e. The highest BCUT2D eigenvalue weighted by molar-refractivity contribution is 6.42. The summed E-state index contributed by atoms with van der Waals surface area (Å²) in [5, 5.41) is 0.589. The molecule has 0 aliphatic carbocycles. The van der Waals surface area contributed by atoms with Crippen molar-refractivity contribution in [3.05, 3.63) is 21.9 Å². The van der Waals surface area contributed by atoms with Crippen LogP contribution in [0.4, 0.5) is 5.69 Å². The molecule has 0 aliphatic heterocycles. The molecule has 0 spiro atoms. The average Bonchev–Trinajstić information content (AvgIpc) is 1.82. The summed E-state index contributed by atoms with van der Waals surface area (Å²) in [6.45, 7) is 1.80. The van der Waals surface area contributed by atoms with Gasteiger partial charge in [0.25, 0.3) is 0 Å². The summed E-state index contributed by atoms with van der Waals surface area (Å²) in [7, 11) is 0. The molecular formula is C6H6Cl2N2. The molecule has 0 amide bonds. The van der Waals surface area contributed by atoms with Gasteiger partial charge in [0.2, 0.25) is 0 Å². The van der Waals surface area contributed by atoms with Gasteiger partial charge in [-0.25, -0.2) is 4.98 Å². The molecule has 1 aromatic heterocycles. The zero-order valence-corrected chi connectivity index (χ0v) is 6.87. The van der Waals surface area contributed by atoms with Crippen LogP contribution in [0.1, 0.15) is 5.69 Å². The second-order valence-corrected chi connectivity index (χ2v) is 2.69. The van der Waals surface area contributed by atoms with Gasteiger partial charge >= 0.3 is 0 Å². The fourth-order valence-electron chi connectivity index (χ4n) is 0.644. The van der Waals surface area contributed by atoms with Crippen LogP contribution in [0.3, 0.4) is 0 Å². The lowest BCUT2D eigenvalue weighted by atomic mass is 10.3. The molecule has 2 nitrogen and oxygen atoms in total. The van der Waals surface area contributed by atoms with Crippen molar-refractivity contribution in [3.63, 3.8) is 0 Å². The number of aryl methyl sites for hydroxylation is 1. The standard InChI is InChI=1S/C6H6Cl2N2/c1-3-2-4(9)5(7)6(8)10-3/h2H,1H3,(H2,9,10). The third kappa shape index (κ3) is 1.33. The van der Waals surface area contributed by atoms with Crippen LogP contribution >= 0.6 is 23.2 Å². The van der Waals surface area contributed by atoms with Crippen molar-refractivity contribution in [2.75, 3.05) is 5.73 Å². The Balaban J connectivity index is 3.31. The predicted octanol–water partition coefficient (Wildman–Crippen LogP) is 2.28. The summed E-state index contributed by atoms with van der Waals surface area (Å²) in [4.78, 5) is 3.89. The van der Waals surface area contributed by atoms with Crippen LogP contribution in [0.5, 0.6) is 0 Å². The molecule has 0 atom stereocenters. The summed E-state index contributed by atoms with van der Waals surface area (Å²) in [6.07, 6.45) is 0. The van der Waals surface area contributed by atoms with Gasteiger partial charge in [0.15, 0.2) is 0 Å². The van der Waals surface area contributed by atoms with Crippen molar-refractivity contribution >= 4 is 28.9 Å². The summed E-state index contributed by atoms with van der Waals surface area (Å²) in [6, 6.07) is 1.67. The molecule has 0 aromatic carbocycles. The topological polar surface area (TPSA) is 38.9 Å². The largest absolute Gasteiger partial charge is 0.397 e. The molecule has 0 bridgehead atoms. The number of halogens is 2. The summed E-state index contributed by atoms with van der Waals surface area (Å²) in [5.74, 6) is 0. The van der Waals surface area contributed by atoms with Crippen LogP contribution in [-0.2, 0) is 0 Å². The average molecular weight is 177 g/mol. The number of hydrogen-bond acceptors (Lipinski definition) is 2. The van der Waals surface area contributed by atoms with Gasteiger partial charge in [0, 0.05) is 5.69 Å². The normalized spacial score (nSPS) is 9.90. The Labute approximate surface area is 69.0 Å². The highest BCUT2D eigenvalue weighted by Crippen LogP contribution is 2.25. The fraction of sp³-hybridized carbons (Fsp3) is 0.167. The number of nitrogen functional groups attached to an aromatic ring is 1. The Kier molecular flexibility index (Phi) is 2.02. The zero-order valence-electron chi connectivity index (χ0n) is 5.36. The number of pyridine rings is 1. The van der Waals surface area contributed by atoms with Crippen molar-refractivity contribution in [1.29, 1.82) is 0 Å². The number of rotatable bonds is 0. The number of anilines is 1. The van der Waals surface area contributed by atoms with E-state index in [0.29, 0.717) is 10.7 Å². The minimum absolute atomic E-state index is 0.263. The molecule has 1 aromatic rings. The van der Waals surface area contributed by atoms with Gasteiger partial charge in [-0.3, -0.25) is 0 Å². The van der Waals surface area contributed by atoms with Crippen molar-refractivity contribution in [2.24, 2.45) is 0 Å². The summed E-state index contributed by atoms with van der Waals surface area (Å²) < 4.78 is 0. The number of hydrogen-bond donors (Lipinski definition) is 1. The maximum Gasteiger partial charge on any atom is 0.149 e. The van der Waals surface area contributed by atoms with E-state index < -0.39 is 0 Å². The minimum atomic E-state index is 0.263. The first kappa shape index (κ1) is 7.63. The lowest BCUT2D eigenvalue weighted by Crippen LogP contribution is -1.91. The number of aromatic nitrogens is 1. The minimum Gasteiger partial charge on any atom is -0.397 e. The first-order valence-corrected chi connectivity index (χ1v) is 3.45. The molecule has 0 fully saturated rings. The summed E-state index contributed by atoms with van der Waals surface area (Å²) in [5.41, 5.74) is 6.71.